The number of anilines is 2. The lowest BCUT2D eigenvalue weighted by atomic mass is 10.1. The van der Waals surface area contributed by atoms with Gasteiger partial charge in [0.25, 0.3) is 0 Å². The second-order valence-electron chi connectivity index (χ2n) is 5.35. The standard InChI is InChI=1S/C14H19Cl2N3O2/c1-8(19-3-2-9(6-19)7-20)14(21)18-13-11(16)4-10(15)5-12(13)17/h4-5,8-9,20H,2-3,6-7,17H2,1H3,(H,18,21). The first kappa shape index (κ1) is 16.4. The zero-order valence-corrected chi connectivity index (χ0v) is 13.3. The Morgan fingerprint density at radius 2 is 2.29 bits per heavy atom. The molecular formula is C14H19Cl2N3O2. The van der Waals surface area contributed by atoms with E-state index in [2.05, 4.69) is 5.32 Å². The largest absolute Gasteiger partial charge is 0.397 e. The first-order valence-electron chi connectivity index (χ1n) is 6.82. The summed E-state index contributed by atoms with van der Waals surface area (Å²) in [6.45, 7) is 3.49. The summed E-state index contributed by atoms with van der Waals surface area (Å²) in [4.78, 5) is 14.4. The zero-order valence-electron chi connectivity index (χ0n) is 11.8. The van der Waals surface area contributed by atoms with Crippen molar-refractivity contribution in [3.63, 3.8) is 0 Å². The first-order chi connectivity index (χ1) is 9.92. The van der Waals surface area contributed by atoms with Gasteiger partial charge in [-0.05, 0) is 37.9 Å². The topological polar surface area (TPSA) is 78.6 Å². The molecule has 4 N–H and O–H groups in total. The van der Waals surface area contributed by atoms with Crippen LogP contribution in [-0.4, -0.2) is 41.7 Å². The summed E-state index contributed by atoms with van der Waals surface area (Å²) < 4.78 is 0. The van der Waals surface area contributed by atoms with Crippen LogP contribution >= 0.6 is 23.2 Å². The third-order valence-corrected chi connectivity index (χ3v) is 4.35. The van der Waals surface area contributed by atoms with E-state index in [1.807, 2.05) is 11.8 Å². The molecule has 2 unspecified atom stereocenters. The molecular weight excluding hydrogens is 313 g/mol. The van der Waals surface area contributed by atoms with Crippen molar-refractivity contribution in [2.24, 2.45) is 5.92 Å². The van der Waals surface area contributed by atoms with Crippen molar-refractivity contribution in [1.82, 2.24) is 4.90 Å². The lowest BCUT2D eigenvalue weighted by Gasteiger charge is -2.24. The SMILES string of the molecule is CC(C(=O)Nc1c(N)cc(Cl)cc1Cl)N1CCC(CO)C1. The number of aliphatic hydroxyl groups is 1. The molecule has 5 nitrogen and oxygen atoms in total. The van der Waals surface area contributed by atoms with Crippen LogP contribution in [0.25, 0.3) is 0 Å². The number of aliphatic hydroxyl groups excluding tert-OH is 1. The summed E-state index contributed by atoms with van der Waals surface area (Å²) in [7, 11) is 0. The van der Waals surface area contributed by atoms with Crippen molar-refractivity contribution >= 4 is 40.5 Å². The molecule has 0 saturated carbocycles. The van der Waals surface area contributed by atoms with E-state index in [-0.39, 0.29) is 24.5 Å². The molecule has 2 rings (SSSR count). The zero-order chi connectivity index (χ0) is 15.6. The Morgan fingerprint density at radius 1 is 1.57 bits per heavy atom. The van der Waals surface area contributed by atoms with Crippen molar-refractivity contribution in [2.75, 3.05) is 30.7 Å². The van der Waals surface area contributed by atoms with Crippen LogP contribution in [0.3, 0.4) is 0 Å². The van der Waals surface area contributed by atoms with Crippen LogP contribution in [-0.2, 0) is 4.79 Å². The molecule has 1 aromatic carbocycles. The van der Waals surface area contributed by atoms with Crippen LogP contribution in [0.2, 0.25) is 10.0 Å². The van der Waals surface area contributed by atoms with Gasteiger partial charge in [0, 0.05) is 18.2 Å². The van der Waals surface area contributed by atoms with Gasteiger partial charge in [-0.25, -0.2) is 0 Å². The molecule has 1 aliphatic heterocycles. The number of likely N-dealkylation sites (tertiary alicyclic amines) is 1. The highest BCUT2D eigenvalue weighted by atomic mass is 35.5. The fourth-order valence-electron chi connectivity index (χ4n) is 2.48. The molecule has 1 fully saturated rings. The van der Waals surface area contributed by atoms with E-state index < -0.39 is 0 Å². The van der Waals surface area contributed by atoms with Gasteiger partial charge in [-0.2, -0.15) is 0 Å². The molecule has 116 valence electrons. The molecule has 0 aliphatic carbocycles. The van der Waals surface area contributed by atoms with Gasteiger partial charge in [-0.15, -0.1) is 0 Å². The third kappa shape index (κ3) is 3.80. The number of benzene rings is 1. The molecule has 0 aromatic heterocycles. The monoisotopic (exact) mass is 331 g/mol. The van der Waals surface area contributed by atoms with Crippen LogP contribution in [0.4, 0.5) is 11.4 Å². The molecule has 1 saturated heterocycles. The van der Waals surface area contributed by atoms with Gasteiger partial charge < -0.3 is 16.2 Å². The Kier molecular flexibility index (Phi) is 5.32. The average Bonchev–Trinajstić information content (AvgIpc) is 2.90. The minimum Gasteiger partial charge on any atom is -0.397 e. The van der Waals surface area contributed by atoms with E-state index in [1.165, 1.54) is 6.07 Å². The van der Waals surface area contributed by atoms with Gasteiger partial charge in [0.2, 0.25) is 5.91 Å². The maximum absolute atomic E-state index is 12.3. The Morgan fingerprint density at radius 3 is 2.86 bits per heavy atom. The molecule has 7 heteroatoms. The number of nitrogen functional groups attached to an aromatic ring is 1. The van der Waals surface area contributed by atoms with Crippen LogP contribution in [0.1, 0.15) is 13.3 Å². The minimum absolute atomic E-state index is 0.154. The van der Waals surface area contributed by atoms with E-state index >= 15 is 0 Å². The number of nitrogens with two attached hydrogens (primary N) is 1. The Bertz CT molecular complexity index is 516. The summed E-state index contributed by atoms with van der Waals surface area (Å²) in [5, 5.41) is 12.7. The first-order valence-corrected chi connectivity index (χ1v) is 7.58. The van der Waals surface area contributed by atoms with E-state index in [9.17, 15) is 4.79 Å². The Labute approximate surface area is 134 Å². The molecule has 21 heavy (non-hydrogen) atoms. The fourth-order valence-corrected chi connectivity index (χ4v) is 3.04. The van der Waals surface area contributed by atoms with E-state index in [0.717, 1.165) is 19.5 Å². The summed E-state index contributed by atoms with van der Waals surface area (Å²) in [5.41, 5.74) is 6.56. The predicted molar refractivity (Wildman–Crippen MR) is 85.7 cm³/mol. The normalized spacial score (nSPS) is 20.5. The number of rotatable bonds is 4. The van der Waals surface area contributed by atoms with Gasteiger partial charge in [0.1, 0.15) is 0 Å². The van der Waals surface area contributed by atoms with Crippen LogP contribution < -0.4 is 11.1 Å². The van der Waals surface area contributed by atoms with Gasteiger partial charge in [-0.1, -0.05) is 23.2 Å². The lowest BCUT2D eigenvalue weighted by Crippen LogP contribution is -2.41. The van der Waals surface area contributed by atoms with Crippen LogP contribution in [0, 0.1) is 5.92 Å². The molecule has 1 amide bonds. The summed E-state index contributed by atoms with van der Waals surface area (Å²) in [6.07, 6.45) is 0.901. The minimum atomic E-state index is -0.312. The summed E-state index contributed by atoms with van der Waals surface area (Å²) in [5.74, 6) is 0.0638. The fraction of sp³-hybridized carbons (Fsp3) is 0.500. The van der Waals surface area contributed by atoms with Crippen LogP contribution in [0.15, 0.2) is 12.1 Å². The van der Waals surface area contributed by atoms with Gasteiger partial charge in [0.15, 0.2) is 0 Å². The number of hydrogen-bond donors (Lipinski definition) is 3. The van der Waals surface area contributed by atoms with Crippen molar-refractivity contribution < 1.29 is 9.90 Å². The highest BCUT2D eigenvalue weighted by molar-refractivity contribution is 6.37. The third-order valence-electron chi connectivity index (χ3n) is 3.84. The number of halogens is 2. The highest BCUT2D eigenvalue weighted by Gasteiger charge is 2.29. The molecule has 1 aromatic rings. The second kappa shape index (κ2) is 6.83. The summed E-state index contributed by atoms with van der Waals surface area (Å²) in [6, 6.07) is 2.77. The number of carbonyl (C=O) groups excluding carboxylic acids is 1. The van der Waals surface area contributed by atoms with E-state index in [4.69, 9.17) is 34.0 Å². The maximum atomic E-state index is 12.3. The number of hydrogen-bond acceptors (Lipinski definition) is 4. The van der Waals surface area contributed by atoms with Crippen molar-refractivity contribution in [3.05, 3.63) is 22.2 Å². The number of nitrogens with one attached hydrogen (secondary N) is 1. The summed E-state index contributed by atoms with van der Waals surface area (Å²) >= 11 is 11.9. The molecule has 0 bridgehead atoms. The molecule has 0 radical (unpaired) electrons. The molecule has 1 heterocycles. The second-order valence-corrected chi connectivity index (χ2v) is 6.19. The lowest BCUT2D eigenvalue weighted by molar-refractivity contribution is -0.120. The smallest absolute Gasteiger partial charge is 0.241 e. The van der Waals surface area contributed by atoms with Crippen LogP contribution in [0.5, 0.6) is 0 Å². The molecule has 0 spiro atoms. The predicted octanol–water partition coefficient (Wildman–Crippen LogP) is 2.22. The average molecular weight is 332 g/mol. The Balaban J connectivity index is 2.05. The highest BCUT2D eigenvalue weighted by Crippen LogP contribution is 2.32. The van der Waals surface area contributed by atoms with Crippen molar-refractivity contribution in [2.45, 2.75) is 19.4 Å². The quantitative estimate of drug-likeness (QED) is 0.739. The van der Waals surface area contributed by atoms with Crippen molar-refractivity contribution in [1.29, 1.82) is 0 Å². The van der Waals surface area contributed by atoms with E-state index in [0.29, 0.717) is 21.4 Å². The maximum Gasteiger partial charge on any atom is 0.241 e. The van der Waals surface area contributed by atoms with Crippen molar-refractivity contribution in [3.8, 4) is 0 Å². The van der Waals surface area contributed by atoms with E-state index in [1.54, 1.807) is 6.07 Å². The van der Waals surface area contributed by atoms with Gasteiger partial charge in [-0.3, -0.25) is 9.69 Å². The number of carbonyl (C=O) groups is 1. The number of amides is 1. The molecule has 2 atom stereocenters. The molecule has 1 aliphatic rings. The number of nitrogens with zero attached hydrogens (tertiary/aromatic N) is 1. The van der Waals surface area contributed by atoms with Gasteiger partial charge in [0.05, 0.1) is 22.4 Å². The Hall–Kier alpha value is -1.01. The van der Waals surface area contributed by atoms with Gasteiger partial charge >= 0.3 is 0 Å².